The van der Waals surface area contributed by atoms with Crippen molar-refractivity contribution in [2.75, 3.05) is 11.9 Å². The zero-order valence-corrected chi connectivity index (χ0v) is 11.4. The second kappa shape index (κ2) is 6.44. The Bertz CT molecular complexity index is 744. The molecule has 114 valence electrons. The van der Waals surface area contributed by atoms with Gasteiger partial charge in [0.05, 0.1) is 11.4 Å². The van der Waals surface area contributed by atoms with Gasteiger partial charge < -0.3 is 10.4 Å². The number of carbonyl (C=O) groups is 1. The molecule has 2 N–H and O–H groups in total. The molecule has 0 heterocycles. The molecule has 0 aliphatic heterocycles. The number of aliphatic hydroxyl groups is 1. The molecule has 0 aromatic heterocycles. The van der Waals surface area contributed by atoms with Gasteiger partial charge >= 0.3 is 0 Å². The Hall–Kier alpha value is -2.60. The summed E-state index contributed by atoms with van der Waals surface area (Å²) < 4.78 is 41.2. The van der Waals surface area contributed by atoms with Crippen molar-refractivity contribution in [1.29, 1.82) is 0 Å². The molecule has 0 atom stereocenters. The molecule has 6 heteroatoms. The quantitative estimate of drug-likeness (QED) is 0.829. The maximum atomic E-state index is 13.9. The van der Waals surface area contributed by atoms with Crippen LogP contribution >= 0.6 is 0 Å². The van der Waals surface area contributed by atoms with Crippen LogP contribution in [0.15, 0.2) is 36.9 Å². The fourth-order valence-corrected chi connectivity index (χ4v) is 1.88. The van der Waals surface area contributed by atoms with Gasteiger partial charge in [0.15, 0.2) is 17.4 Å². The predicted octanol–water partition coefficient (Wildman–Crippen LogP) is 3.67. The molecule has 0 unspecified atom stereocenters. The third-order valence-corrected chi connectivity index (χ3v) is 3.03. The van der Waals surface area contributed by atoms with E-state index in [2.05, 4.69) is 11.9 Å². The van der Waals surface area contributed by atoms with E-state index in [1.807, 2.05) is 0 Å². The zero-order valence-electron chi connectivity index (χ0n) is 11.4. The summed E-state index contributed by atoms with van der Waals surface area (Å²) >= 11 is 0. The van der Waals surface area contributed by atoms with Gasteiger partial charge in [-0.1, -0.05) is 18.7 Å². The molecule has 3 nitrogen and oxygen atoms in total. The highest BCUT2D eigenvalue weighted by atomic mass is 19.2. The van der Waals surface area contributed by atoms with Crippen molar-refractivity contribution < 1.29 is 23.1 Å². The third kappa shape index (κ3) is 3.01. The number of benzene rings is 2. The number of aliphatic hydroxyl groups excluding tert-OH is 1. The van der Waals surface area contributed by atoms with E-state index in [1.165, 1.54) is 18.2 Å². The van der Waals surface area contributed by atoms with Crippen LogP contribution in [0.3, 0.4) is 0 Å². The molecule has 0 radical (unpaired) electrons. The standard InChI is InChI=1S/C16H12F3NO2/c1-2-9-3-6-13(12(18)7-9)20-16-10(14(22)8-21)4-5-11(17)15(16)19/h2-7,20-21H,1,8H2. The Morgan fingerprint density at radius 2 is 1.91 bits per heavy atom. The van der Waals surface area contributed by atoms with Crippen molar-refractivity contribution in [3.8, 4) is 0 Å². The molecule has 2 aromatic rings. The fourth-order valence-electron chi connectivity index (χ4n) is 1.88. The van der Waals surface area contributed by atoms with E-state index in [1.54, 1.807) is 0 Å². The van der Waals surface area contributed by atoms with Gasteiger partial charge in [-0.15, -0.1) is 0 Å². The molecular weight excluding hydrogens is 295 g/mol. The van der Waals surface area contributed by atoms with Crippen molar-refractivity contribution in [1.82, 2.24) is 0 Å². The molecule has 0 aliphatic carbocycles. The molecule has 22 heavy (non-hydrogen) atoms. The van der Waals surface area contributed by atoms with Gasteiger partial charge in [0.25, 0.3) is 0 Å². The van der Waals surface area contributed by atoms with E-state index in [0.29, 0.717) is 5.56 Å². The zero-order chi connectivity index (χ0) is 16.3. The van der Waals surface area contributed by atoms with E-state index in [9.17, 15) is 18.0 Å². The number of ketones is 1. The Labute approximate surface area is 124 Å². The third-order valence-electron chi connectivity index (χ3n) is 3.03. The smallest absolute Gasteiger partial charge is 0.190 e. The minimum Gasteiger partial charge on any atom is -0.388 e. The van der Waals surface area contributed by atoms with Crippen molar-refractivity contribution in [2.45, 2.75) is 0 Å². The van der Waals surface area contributed by atoms with Gasteiger partial charge in [0, 0.05) is 5.56 Å². The van der Waals surface area contributed by atoms with Gasteiger partial charge in [0.1, 0.15) is 12.4 Å². The van der Waals surface area contributed by atoms with Gasteiger partial charge in [-0.2, -0.15) is 0 Å². The van der Waals surface area contributed by atoms with Crippen molar-refractivity contribution in [2.24, 2.45) is 0 Å². The fraction of sp³-hybridized carbons (Fsp3) is 0.0625. The van der Waals surface area contributed by atoms with Gasteiger partial charge in [0.2, 0.25) is 0 Å². The molecule has 2 aromatic carbocycles. The summed E-state index contributed by atoms with van der Waals surface area (Å²) in [6.45, 7) is 2.61. The minimum absolute atomic E-state index is 0.137. The number of rotatable bonds is 5. The molecule has 2 rings (SSSR count). The first-order valence-corrected chi connectivity index (χ1v) is 6.29. The Kier molecular flexibility index (Phi) is 4.62. The highest BCUT2D eigenvalue weighted by Gasteiger charge is 2.19. The summed E-state index contributed by atoms with van der Waals surface area (Å²) in [4.78, 5) is 11.6. The largest absolute Gasteiger partial charge is 0.388 e. The van der Waals surface area contributed by atoms with Crippen LogP contribution in [0, 0.1) is 17.5 Å². The van der Waals surface area contributed by atoms with Crippen LogP contribution < -0.4 is 5.32 Å². The summed E-state index contributed by atoms with van der Waals surface area (Å²) in [6, 6.07) is 5.77. The van der Waals surface area contributed by atoms with Crippen molar-refractivity contribution in [3.63, 3.8) is 0 Å². The van der Waals surface area contributed by atoms with Gasteiger partial charge in [-0.3, -0.25) is 4.79 Å². The molecule has 0 bridgehead atoms. The second-order valence-electron chi connectivity index (χ2n) is 4.43. The summed E-state index contributed by atoms with van der Waals surface area (Å²) in [7, 11) is 0. The molecule has 0 saturated carbocycles. The van der Waals surface area contributed by atoms with Crippen molar-refractivity contribution >= 4 is 23.2 Å². The topological polar surface area (TPSA) is 49.3 Å². The van der Waals surface area contributed by atoms with Crippen LogP contribution in [0.4, 0.5) is 24.5 Å². The van der Waals surface area contributed by atoms with Crippen molar-refractivity contribution in [3.05, 3.63) is 65.5 Å². The summed E-state index contributed by atoms with van der Waals surface area (Å²) in [5.41, 5.74) is -0.422. The number of carbonyl (C=O) groups excluding carboxylic acids is 1. The Morgan fingerprint density at radius 1 is 1.18 bits per heavy atom. The SMILES string of the molecule is C=Cc1ccc(Nc2c(C(=O)CO)ccc(F)c2F)c(F)c1. The highest BCUT2D eigenvalue weighted by molar-refractivity contribution is 6.02. The number of Topliss-reactive ketones (excluding diaryl/α,β-unsaturated/α-hetero) is 1. The Morgan fingerprint density at radius 3 is 2.50 bits per heavy atom. The Balaban J connectivity index is 2.50. The van der Waals surface area contributed by atoms with Crippen LogP contribution in [0.1, 0.15) is 15.9 Å². The maximum absolute atomic E-state index is 13.9. The molecule has 0 amide bonds. The molecule has 0 saturated heterocycles. The highest BCUT2D eigenvalue weighted by Crippen LogP contribution is 2.28. The van der Waals surface area contributed by atoms with E-state index < -0.39 is 35.5 Å². The molecule has 0 fully saturated rings. The minimum atomic E-state index is -1.33. The van der Waals surface area contributed by atoms with Crippen LogP contribution in [0.25, 0.3) is 6.08 Å². The average Bonchev–Trinajstić information content (AvgIpc) is 2.52. The number of hydrogen-bond donors (Lipinski definition) is 2. The van der Waals surface area contributed by atoms with Gasteiger partial charge in [-0.25, -0.2) is 13.2 Å². The summed E-state index contributed by atoms with van der Waals surface area (Å²) in [5, 5.41) is 11.2. The first-order chi connectivity index (χ1) is 10.5. The normalized spacial score (nSPS) is 10.4. The lowest BCUT2D eigenvalue weighted by atomic mass is 10.1. The number of nitrogens with one attached hydrogen (secondary N) is 1. The summed E-state index contributed by atoms with van der Waals surface area (Å²) in [6.07, 6.45) is 1.43. The van der Waals surface area contributed by atoms with Crippen LogP contribution in [-0.2, 0) is 0 Å². The van der Waals surface area contributed by atoms with E-state index in [0.717, 1.165) is 18.2 Å². The van der Waals surface area contributed by atoms with Crippen LogP contribution in [0.5, 0.6) is 0 Å². The number of hydrogen-bond acceptors (Lipinski definition) is 3. The van der Waals surface area contributed by atoms with E-state index in [-0.39, 0.29) is 11.3 Å². The van der Waals surface area contributed by atoms with Gasteiger partial charge in [-0.05, 0) is 29.8 Å². The molecule has 0 spiro atoms. The molecular formula is C16H12F3NO2. The first kappa shape index (κ1) is 15.8. The lowest BCUT2D eigenvalue weighted by Gasteiger charge is -2.13. The monoisotopic (exact) mass is 307 g/mol. The maximum Gasteiger partial charge on any atom is 0.190 e. The lowest BCUT2D eigenvalue weighted by Crippen LogP contribution is -2.11. The number of halogens is 3. The van der Waals surface area contributed by atoms with Crippen LogP contribution in [0.2, 0.25) is 0 Å². The number of anilines is 2. The van der Waals surface area contributed by atoms with E-state index >= 15 is 0 Å². The van der Waals surface area contributed by atoms with Crippen LogP contribution in [-0.4, -0.2) is 17.5 Å². The van der Waals surface area contributed by atoms with E-state index in [4.69, 9.17) is 5.11 Å². The lowest BCUT2D eigenvalue weighted by molar-refractivity contribution is 0.0904. The summed E-state index contributed by atoms with van der Waals surface area (Å²) in [5.74, 6) is -4.06. The molecule has 0 aliphatic rings. The first-order valence-electron chi connectivity index (χ1n) is 6.29. The average molecular weight is 307 g/mol. The second-order valence-corrected chi connectivity index (χ2v) is 4.43. The predicted molar refractivity (Wildman–Crippen MR) is 77.5 cm³/mol.